The number of amides is 1. The lowest BCUT2D eigenvalue weighted by molar-refractivity contribution is -0.127. The van der Waals surface area contributed by atoms with Gasteiger partial charge in [-0.05, 0) is 43.1 Å². The minimum Gasteiger partial charge on any atom is -0.355 e. The van der Waals surface area contributed by atoms with E-state index in [1.165, 1.54) is 18.4 Å². The molecule has 0 heterocycles. The first-order chi connectivity index (χ1) is 10.2. The Morgan fingerprint density at radius 2 is 2.00 bits per heavy atom. The lowest BCUT2D eigenvalue weighted by Crippen LogP contribution is -2.46. The second kappa shape index (κ2) is 6.18. The molecule has 2 saturated carbocycles. The Labute approximate surface area is 127 Å². The molecule has 21 heavy (non-hydrogen) atoms. The normalized spacial score (nSPS) is 32.1. The number of hydrogen-bond acceptors (Lipinski definition) is 2. The molecule has 1 aromatic carbocycles. The van der Waals surface area contributed by atoms with Crippen LogP contribution in [-0.4, -0.2) is 18.5 Å². The van der Waals surface area contributed by atoms with Crippen molar-refractivity contribution in [2.24, 2.45) is 23.5 Å². The molecule has 2 fully saturated rings. The van der Waals surface area contributed by atoms with Gasteiger partial charge in [-0.15, -0.1) is 0 Å². The second-order valence-corrected chi connectivity index (χ2v) is 6.70. The Balaban J connectivity index is 1.58. The molecule has 2 aliphatic carbocycles. The molecule has 3 nitrogen and oxygen atoms in total. The van der Waals surface area contributed by atoms with Crippen LogP contribution in [0.4, 0.5) is 0 Å². The molecule has 0 saturated heterocycles. The zero-order valence-electron chi connectivity index (χ0n) is 12.8. The first-order valence-electron chi connectivity index (χ1n) is 8.29. The number of carbonyl (C=O) groups excluding carboxylic acids is 1. The van der Waals surface area contributed by atoms with Gasteiger partial charge in [-0.25, -0.2) is 0 Å². The largest absolute Gasteiger partial charge is 0.355 e. The van der Waals surface area contributed by atoms with Crippen LogP contribution < -0.4 is 11.1 Å². The van der Waals surface area contributed by atoms with E-state index in [4.69, 9.17) is 5.73 Å². The van der Waals surface area contributed by atoms with Crippen LogP contribution in [0.2, 0.25) is 0 Å². The first-order valence-corrected chi connectivity index (χ1v) is 8.29. The average Bonchev–Trinajstić information content (AvgIpc) is 3.09. The van der Waals surface area contributed by atoms with Crippen LogP contribution in [0.5, 0.6) is 0 Å². The Bertz CT molecular complexity index is 485. The molecule has 0 spiro atoms. The zero-order chi connectivity index (χ0) is 14.8. The molecule has 2 bridgehead atoms. The standard InChI is InChI=1S/C18H26N2O/c1-2-12(13-6-4-3-5-7-13)11-20-18(21)16-14-8-9-15(10-14)17(16)19/h3-7,12,14-17H,2,8-11,19H2,1H3,(H,20,21). The summed E-state index contributed by atoms with van der Waals surface area (Å²) >= 11 is 0. The molecule has 5 unspecified atom stereocenters. The summed E-state index contributed by atoms with van der Waals surface area (Å²) < 4.78 is 0. The topological polar surface area (TPSA) is 55.1 Å². The van der Waals surface area contributed by atoms with Crippen LogP contribution in [0.3, 0.4) is 0 Å². The molecule has 1 aromatic rings. The second-order valence-electron chi connectivity index (χ2n) is 6.70. The van der Waals surface area contributed by atoms with Crippen molar-refractivity contribution < 1.29 is 4.79 Å². The number of nitrogens with one attached hydrogen (secondary N) is 1. The molecule has 5 atom stereocenters. The highest BCUT2D eigenvalue weighted by Gasteiger charge is 2.48. The van der Waals surface area contributed by atoms with Crippen molar-refractivity contribution in [2.45, 2.75) is 44.6 Å². The van der Waals surface area contributed by atoms with Gasteiger partial charge in [0.1, 0.15) is 0 Å². The van der Waals surface area contributed by atoms with E-state index in [0.717, 1.165) is 19.4 Å². The highest BCUT2D eigenvalue weighted by molar-refractivity contribution is 5.80. The van der Waals surface area contributed by atoms with Crippen molar-refractivity contribution in [2.75, 3.05) is 6.54 Å². The third-order valence-corrected chi connectivity index (χ3v) is 5.57. The van der Waals surface area contributed by atoms with E-state index < -0.39 is 0 Å². The molecular weight excluding hydrogens is 260 g/mol. The van der Waals surface area contributed by atoms with Gasteiger partial charge in [-0.2, -0.15) is 0 Å². The van der Waals surface area contributed by atoms with Gasteiger partial charge in [0.25, 0.3) is 0 Å². The van der Waals surface area contributed by atoms with Crippen LogP contribution >= 0.6 is 0 Å². The van der Waals surface area contributed by atoms with Crippen LogP contribution in [0, 0.1) is 17.8 Å². The van der Waals surface area contributed by atoms with Crippen LogP contribution in [-0.2, 0) is 4.79 Å². The van der Waals surface area contributed by atoms with Crippen LogP contribution in [0.15, 0.2) is 30.3 Å². The van der Waals surface area contributed by atoms with Crippen molar-refractivity contribution in [3.05, 3.63) is 35.9 Å². The van der Waals surface area contributed by atoms with E-state index in [1.54, 1.807) is 0 Å². The van der Waals surface area contributed by atoms with E-state index in [1.807, 2.05) is 6.07 Å². The van der Waals surface area contributed by atoms with E-state index in [9.17, 15) is 4.79 Å². The summed E-state index contributed by atoms with van der Waals surface area (Å²) in [6.45, 7) is 2.90. The number of rotatable bonds is 5. The maximum absolute atomic E-state index is 12.5. The third-order valence-electron chi connectivity index (χ3n) is 5.57. The number of carbonyl (C=O) groups is 1. The SMILES string of the molecule is CCC(CNC(=O)C1C2CCC(C2)C1N)c1ccccc1. The van der Waals surface area contributed by atoms with Gasteiger partial charge in [0, 0.05) is 18.5 Å². The Morgan fingerprint density at radius 3 is 2.62 bits per heavy atom. The molecule has 3 heteroatoms. The minimum atomic E-state index is 0.0528. The quantitative estimate of drug-likeness (QED) is 0.874. The Morgan fingerprint density at radius 1 is 1.29 bits per heavy atom. The van der Waals surface area contributed by atoms with Gasteiger partial charge < -0.3 is 11.1 Å². The van der Waals surface area contributed by atoms with Crippen molar-refractivity contribution in [3.63, 3.8) is 0 Å². The van der Waals surface area contributed by atoms with Crippen molar-refractivity contribution in [3.8, 4) is 0 Å². The fourth-order valence-electron chi connectivity index (χ4n) is 4.29. The summed E-state index contributed by atoms with van der Waals surface area (Å²) in [5.74, 6) is 1.75. The van der Waals surface area contributed by atoms with Crippen LogP contribution in [0.1, 0.15) is 44.1 Å². The van der Waals surface area contributed by atoms with Crippen molar-refractivity contribution in [1.82, 2.24) is 5.32 Å². The summed E-state index contributed by atoms with van der Waals surface area (Å²) in [5.41, 5.74) is 7.56. The summed E-state index contributed by atoms with van der Waals surface area (Å²) in [6.07, 6.45) is 4.60. The third kappa shape index (κ3) is 2.84. The Kier molecular flexibility index (Phi) is 4.29. The molecule has 0 aromatic heterocycles. The predicted octanol–water partition coefficient (Wildman–Crippen LogP) is 2.67. The maximum Gasteiger partial charge on any atom is 0.224 e. The van der Waals surface area contributed by atoms with Crippen molar-refractivity contribution in [1.29, 1.82) is 0 Å². The van der Waals surface area contributed by atoms with Gasteiger partial charge in [0.05, 0.1) is 5.92 Å². The number of hydrogen-bond donors (Lipinski definition) is 2. The van der Waals surface area contributed by atoms with Gasteiger partial charge in [-0.3, -0.25) is 4.79 Å². The molecule has 114 valence electrons. The monoisotopic (exact) mass is 286 g/mol. The Hall–Kier alpha value is -1.35. The number of fused-ring (bicyclic) bond motifs is 2. The number of nitrogens with two attached hydrogens (primary N) is 1. The average molecular weight is 286 g/mol. The van der Waals surface area contributed by atoms with E-state index >= 15 is 0 Å². The van der Waals surface area contributed by atoms with E-state index in [0.29, 0.717) is 17.8 Å². The van der Waals surface area contributed by atoms with Crippen molar-refractivity contribution >= 4 is 5.91 Å². The summed E-state index contributed by atoms with van der Waals surface area (Å²) in [6, 6.07) is 10.5. The fourth-order valence-corrected chi connectivity index (χ4v) is 4.29. The smallest absolute Gasteiger partial charge is 0.224 e. The predicted molar refractivity (Wildman–Crippen MR) is 84.8 cm³/mol. The van der Waals surface area contributed by atoms with E-state index in [2.05, 4.69) is 36.5 Å². The van der Waals surface area contributed by atoms with E-state index in [-0.39, 0.29) is 17.9 Å². The summed E-state index contributed by atoms with van der Waals surface area (Å²) in [5, 5.41) is 3.17. The van der Waals surface area contributed by atoms with Gasteiger partial charge in [0.15, 0.2) is 0 Å². The molecule has 1 amide bonds. The molecule has 0 aliphatic heterocycles. The molecule has 3 N–H and O–H groups in total. The minimum absolute atomic E-state index is 0.0528. The first kappa shape index (κ1) is 14.6. The van der Waals surface area contributed by atoms with Gasteiger partial charge >= 0.3 is 0 Å². The van der Waals surface area contributed by atoms with Gasteiger partial charge in [-0.1, -0.05) is 37.3 Å². The fraction of sp³-hybridized carbons (Fsp3) is 0.611. The summed E-state index contributed by atoms with van der Waals surface area (Å²) in [7, 11) is 0. The molecule has 3 rings (SSSR count). The number of benzene rings is 1. The molecule has 0 radical (unpaired) electrons. The lowest BCUT2D eigenvalue weighted by Gasteiger charge is -2.28. The highest BCUT2D eigenvalue weighted by atomic mass is 16.1. The summed E-state index contributed by atoms with van der Waals surface area (Å²) in [4.78, 5) is 12.5. The molecular formula is C18H26N2O. The zero-order valence-corrected chi connectivity index (χ0v) is 12.8. The molecule has 2 aliphatic rings. The highest BCUT2D eigenvalue weighted by Crippen LogP contribution is 2.47. The van der Waals surface area contributed by atoms with Gasteiger partial charge in [0.2, 0.25) is 5.91 Å². The maximum atomic E-state index is 12.5. The van der Waals surface area contributed by atoms with Crippen LogP contribution in [0.25, 0.3) is 0 Å². The lowest BCUT2D eigenvalue weighted by atomic mass is 9.84.